The van der Waals surface area contributed by atoms with Crippen LogP contribution in [0.25, 0.3) is 0 Å². The maximum atomic E-state index is 13.9. The molecule has 4 heteroatoms. The number of methoxy groups -OCH3 is 1. The van der Waals surface area contributed by atoms with Gasteiger partial charge in [0.25, 0.3) is 0 Å². The standard InChI is InChI=1S/C17H25F2NO/c1-17(2,8-9-20-12-4-5-12)7-6-14-15(18)10-13(21-3)11-16(14)19/h10-12,20H,4-9H2,1-3H3. The van der Waals surface area contributed by atoms with Gasteiger partial charge in [-0.05, 0) is 44.1 Å². The molecule has 0 aliphatic heterocycles. The molecular weight excluding hydrogens is 272 g/mol. The molecule has 1 saturated carbocycles. The van der Waals surface area contributed by atoms with E-state index in [1.165, 1.54) is 32.1 Å². The number of halogens is 2. The molecule has 0 saturated heterocycles. The molecule has 21 heavy (non-hydrogen) atoms. The summed E-state index contributed by atoms with van der Waals surface area (Å²) in [5.74, 6) is -0.806. The lowest BCUT2D eigenvalue weighted by Crippen LogP contribution is -2.24. The van der Waals surface area contributed by atoms with Crippen LogP contribution in [0.5, 0.6) is 5.75 Å². The topological polar surface area (TPSA) is 21.3 Å². The summed E-state index contributed by atoms with van der Waals surface area (Å²) in [6.45, 7) is 5.28. The molecule has 2 rings (SSSR count). The molecule has 0 unspecified atom stereocenters. The van der Waals surface area contributed by atoms with Crippen molar-refractivity contribution in [1.82, 2.24) is 5.32 Å². The molecule has 1 aliphatic rings. The van der Waals surface area contributed by atoms with Crippen molar-refractivity contribution < 1.29 is 13.5 Å². The van der Waals surface area contributed by atoms with Crippen molar-refractivity contribution in [3.05, 3.63) is 29.3 Å². The zero-order valence-corrected chi connectivity index (χ0v) is 13.1. The first-order valence-electron chi connectivity index (χ1n) is 7.66. The van der Waals surface area contributed by atoms with Crippen LogP contribution >= 0.6 is 0 Å². The summed E-state index contributed by atoms with van der Waals surface area (Å²) < 4.78 is 32.7. The van der Waals surface area contributed by atoms with Gasteiger partial charge in [0.05, 0.1) is 7.11 Å². The number of benzene rings is 1. The third kappa shape index (κ3) is 4.95. The number of hydrogen-bond acceptors (Lipinski definition) is 2. The smallest absolute Gasteiger partial charge is 0.133 e. The van der Waals surface area contributed by atoms with E-state index in [4.69, 9.17) is 4.74 Å². The molecule has 0 spiro atoms. The van der Waals surface area contributed by atoms with Gasteiger partial charge in [-0.15, -0.1) is 0 Å². The summed E-state index contributed by atoms with van der Waals surface area (Å²) in [7, 11) is 1.41. The van der Waals surface area contributed by atoms with Crippen LogP contribution in [0.15, 0.2) is 12.1 Å². The molecule has 0 radical (unpaired) electrons. The van der Waals surface area contributed by atoms with Gasteiger partial charge >= 0.3 is 0 Å². The highest BCUT2D eigenvalue weighted by Gasteiger charge is 2.23. The molecule has 1 aromatic carbocycles. The number of ether oxygens (including phenoxy) is 1. The van der Waals surface area contributed by atoms with Gasteiger partial charge in [-0.2, -0.15) is 0 Å². The van der Waals surface area contributed by atoms with Crippen LogP contribution in [0, 0.1) is 17.0 Å². The van der Waals surface area contributed by atoms with E-state index < -0.39 is 11.6 Å². The Balaban J connectivity index is 1.88. The van der Waals surface area contributed by atoms with E-state index in [2.05, 4.69) is 19.2 Å². The third-order valence-electron chi connectivity index (χ3n) is 4.21. The minimum absolute atomic E-state index is 0.0701. The fraction of sp³-hybridized carbons (Fsp3) is 0.647. The largest absolute Gasteiger partial charge is 0.497 e. The second-order valence-corrected chi connectivity index (χ2v) is 6.71. The van der Waals surface area contributed by atoms with Crippen molar-refractivity contribution in [3.8, 4) is 5.75 Å². The number of hydrogen-bond donors (Lipinski definition) is 1. The van der Waals surface area contributed by atoms with Gasteiger partial charge in [0.1, 0.15) is 17.4 Å². The molecule has 0 amide bonds. The van der Waals surface area contributed by atoms with Crippen LogP contribution in [0.3, 0.4) is 0 Å². The molecule has 118 valence electrons. The second-order valence-electron chi connectivity index (χ2n) is 6.71. The molecule has 0 atom stereocenters. The summed E-state index contributed by atoms with van der Waals surface area (Å²) >= 11 is 0. The Hall–Kier alpha value is -1.16. The van der Waals surface area contributed by atoms with Crippen LogP contribution in [-0.4, -0.2) is 19.7 Å². The SMILES string of the molecule is COc1cc(F)c(CCC(C)(C)CCNC2CC2)c(F)c1. The Bertz CT molecular complexity index is 461. The van der Waals surface area contributed by atoms with Crippen molar-refractivity contribution in [3.63, 3.8) is 0 Å². The summed E-state index contributed by atoms with van der Waals surface area (Å²) in [5, 5.41) is 3.48. The Morgan fingerprint density at radius 2 is 1.81 bits per heavy atom. The molecule has 1 aliphatic carbocycles. The lowest BCUT2D eigenvalue weighted by Gasteiger charge is -2.25. The normalized spacial score (nSPS) is 15.3. The molecule has 0 heterocycles. The van der Waals surface area contributed by atoms with E-state index in [0.29, 0.717) is 12.5 Å². The fourth-order valence-corrected chi connectivity index (χ4v) is 2.43. The molecule has 1 fully saturated rings. The van der Waals surface area contributed by atoms with Gasteiger partial charge in [-0.3, -0.25) is 0 Å². The van der Waals surface area contributed by atoms with Crippen molar-refractivity contribution in [2.45, 2.75) is 52.0 Å². The van der Waals surface area contributed by atoms with Gasteiger partial charge in [-0.1, -0.05) is 13.8 Å². The Morgan fingerprint density at radius 3 is 2.33 bits per heavy atom. The van der Waals surface area contributed by atoms with Crippen LogP contribution < -0.4 is 10.1 Å². The first-order valence-corrected chi connectivity index (χ1v) is 7.66. The first-order chi connectivity index (χ1) is 9.91. The van der Waals surface area contributed by atoms with Crippen molar-refractivity contribution in [2.24, 2.45) is 5.41 Å². The highest BCUT2D eigenvalue weighted by Crippen LogP contribution is 2.30. The highest BCUT2D eigenvalue weighted by atomic mass is 19.1. The summed E-state index contributed by atoms with van der Waals surface area (Å²) in [5.41, 5.74) is 0.236. The van der Waals surface area contributed by atoms with Crippen molar-refractivity contribution in [2.75, 3.05) is 13.7 Å². The molecule has 0 aromatic heterocycles. The maximum Gasteiger partial charge on any atom is 0.133 e. The Labute approximate surface area is 125 Å². The monoisotopic (exact) mass is 297 g/mol. The Kier molecular flexibility index (Phi) is 5.20. The van der Waals surface area contributed by atoms with Crippen molar-refractivity contribution in [1.29, 1.82) is 0 Å². The first kappa shape index (κ1) is 16.2. The third-order valence-corrected chi connectivity index (χ3v) is 4.21. The van der Waals surface area contributed by atoms with Gasteiger partial charge in [0.15, 0.2) is 0 Å². The number of nitrogens with one attached hydrogen (secondary N) is 1. The van der Waals surface area contributed by atoms with Crippen LogP contribution in [0.4, 0.5) is 8.78 Å². The zero-order chi connectivity index (χ0) is 15.5. The molecule has 1 aromatic rings. The maximum absolute atomic E-state index is 13.9. The van der Waals surface area contributed by atoms with E-state index >= 15 is 0 Å². The second kappa shape index (κ2) is 6.73. The van der Waals surface area contributed by atoms with Crippen LogP contribution in [-0.2, 0) is 6.42 Å². The fourth-order valence-electron chi connectivity index (χ4n) is 2.43. The molecule has 1 N–H and O–H groups in total. The van der Waals surface area contributed by atoms with E-state index in [0.717, 1.165) is 19.4 Å². The highest BCUT2D eigenvalue weighted by molar-refractivity contribution is 5.30. The molecular formula is C17H25F2NO. The van der Waals surface area contributed by atoms with Gasteiger partial charge in [-0.25, -0.2) is 8.78 Å². The van der Waals surface area contributed by atoms with Crippen molar-refractivity contribution >= 4 is 0 Å². The average molecular weight is 297 g/mol. The van der Waals surface area contributed by atoms with Gasteiger partial charge < -0.3 is 10.1 Å². The molecule has 2 nitrogen and oxygen atoms in total. The lowest BCUT2D eigenvalue weighted by molar-refractivity contribution is 0.298. The van der Waals surface area contributed by atoms with E-state index in [1.807, 2.05) is 0 Å². The van der Waals surface area contributed by atoms with Crippen LogP contribution in [0.2, 0.25) is 0 Å². The Morgan fingerprint density at radius 1 is 1.19 bits per heavy atom. The predicted octanol–water partition coefficient (Wildman–Crippen LogP) is 4.07. The average Bonchev–Trinajstić information content (AvgIpc) is 3.21. The zero-order valence-electron chi connectivity index (χ0n) is 13.1. The van der Waals surface area contributed by atoms with Crippen LogP contribution in [0.1, 0.15) is 45.1 Å². The number of rotatable bonds is 8. The summed E-state index contributed by atoms with van der Waals surface area (Å²) in [6, 6.07) is 3.21. The van der Waals surface area contributed by atoms with E-state index in [1.54, 1.807) is 0 Å². The quantitative estimate of drug-likeness (QED) is 0.781. The summed E-state index contributed by atoms with van der Waals surface area (Å²) in [4.78, 5) is 0. The minimum atomic E-state index is -0.515. The van der Waals surface area contributed by atoms with E-state index in [9.17, 15) is 8.78 Å². The minimum Gasteiger partial charge on any atom is -0.497 e. The van der Waals surface area contributed by atoms with E-state index in [-0.39, 0.29) is 16.7 Å². The predicted molar refractivity (Wildman–Crippen MR) is 80.7 cm³/mol. The van der Waals surface area contributed by atoms with Gasteiger partial charge in [0, 0.05) is 23.7 Å². The molecule has 0 bridgehead atoms. The summed E-state index contributed by atoms with van der Waals surface area (Å²) in [6.07, 6.45) is 4.76. The lowest BCUT2D eigenvalue weighted by atomic mass is 9.83. The van der Waals surface area contributed by atoms with Gasteiger partial charge in [0.2, 0.25) is 0 Å².